The minimum absolute atomic E-state index is 0.851. The zero-order valence-corrected chi connectivity index (χ0v) is 16.4. The molecule has 2 fully saturated rings. The van der Waals surface area contributed by atoms with Gasteiger partial charge in [0.25, 0.3) is 0 Å². The lowest BCUT2D eigenvalue weighted by Crippen LogP contribution is -2.21. The number of unbranched alkanes of at least 4 members (excludes halogenated alkanes) is 1. The standard InChI is InChI=1S/C22H42O2/c1-3-5-16-24-18-22-14-10-20(11-15-22)7-6-19-8-12-21(13-9-19)17-23-4-2/h19-22H,3-18H2,1-2H3/t19-,20-,21-,22-. The smallest absolute Gasteiger partial charge is 0.0494 e. The van der Waals surface area contributed by atoms with Crippen LogP contribution in [0.25, 0.3) is 0 Å². The molecule has 2 saturated carbocycles. The molecule has 0 aromatic heterocycles. The van der Waals surface area contributed by atoms with Crippen molar-refractivity contribution in [3.63, 3.8) is 0 Å². The van der Waals surface area contributed by atoms with E-state index in [0.29, 0.717) is 0 Å². The van der Waals surface area contributed by atoms with Crippen LogP contribution >= 0.6 is 0 Å². The third-order valence-corrected chi connectivity index (χ3v) is 6.47. The van der Waals surface area contributed by atoms with Crippen LogP contribution in [0.1, 0.15) is 90.9 Å². The molecule has 0 amide bonds. The molecule has 0 aliphatic heterocycles. The van der Waals surface area contributed by atoms with E-state index in [1.807, 2.05) is 0 Å². The van der Waals surface area contributed by atoms with Crippen LogP contribution in [0.15, 0.2) is 0 Å². The maximum atomic E-state index is 5.83. The summed E-state index contributed by atoms with van der Waals surface area (Å²) in [6.45, 7) is 8.23. The highest BCUT2D eigenvalue weighted by atomic mass is 16.5. The minimum Gasteiger partial charge on any atom is -0.381 e. The Morgan fingerprint density at radius 3 is 1.54 bits per heavy atom. The van der Waals surface area contributed by atoms with Gasteiger partial charge in [-0.3, -0.25) is 0 Å². The van der Waals surface area contributed by atoms with Gasteiger partial charge in [-0.1, -0.05) is 51.9 Å². The van der Waals surface area contributed by atoms with Gasteiger partial charge in [0, 0.05) is 26.4 Å². The molecule has 2 heteroatoms. The average molecular weight is 339 g/mol. The van der Waals surface area contributed by atoms with Gasteiger partial charge < -0.3 is 9.47 Å². The molecule has 2 aliphatic carbocycles. The van der Waals surface area contributed by atoms with Crippen molar-refractivity contribution >= 4 is 0 Å². The van der Waals surface area contributed by atoms with Crippen LogP contribution in [0.3, 0.4) is 0 Å². The highest BCUT2D eigenvalue weighted by Gasteiger charge is 2.24. The monoisotopic (exact) mass is 338 g/mol. The second kappa shape index (κ2) is 12.3. The summed E-state index contributed by atoms with van der Waals surface area (Å²) in [5.74, 6) is 3.73. The molecule has 0 radical (unpaired) electrons. The van der Waals surface area contributed by atoms with Gasteiger partial charge in [-0.2, -0.15) is 0 Å². The van der Waals surface area contributed by atoms with E-state index in [9.17, 15) is 0 Å². The van der Waals surface area contributed by atoms with Crippen molar-refractivity contribution in [2.24, 2.45) is 23.7 Å². The number of ether oxygens (including phenoxy) is 2. The molecular weight excluding hydrogens is 296 g/mol. The Balaban J connectivity index is 1.49. The highest BCUT2D eigenvalue weighted by molar-refractivity contribution is 4.76. The largest absolute Gasteiger partial charge is 0.381 e. The summed E-state index contributed by atoms with van der Waals surface area (Å²) in [6.07, 6.45) is 16.9. The van der Waals surface area contributed by atoms with Gasteiger partial charge in [-0.15, -0.1) is 0 Å². The van der Waals surface area contributed by atoms with E-state index in [4.69, 9.17) is 9.47 Å². The third-order valence-electron chi connectivity index (χ3n) is 6.47. The Bertz CT molecular complexity index is 288. The summed E-state index contributed by atoms with van der Waals surface area (Å²) in [5, 5.41) is 0. The molecule has 142 valence electrons. The molecule has 2 nitrogen and oxygen atoms in total. The predicted molar refractivity (Wildman–Crippen MR) is 102 cm³/mol. The molecule has 2 aliphatic rings. The van der Waals surface area contributed by atoms with Crippen molar-refractivity contribution in [2.75, 3.05) is 26.4 Å². The normalized spacial score (nSPS) is 31.2. The van der Waals surface area contributed by atoms with Crippen LogP contribution in [0.5, 0.6) is 0 Å². The first-order valence-electron chi connectivity index (χ1n) is 11.0. The van der Waals surface area contributed by atoms with Crippen molar-refractivity contribution in [1.29, 1.82) is 0 Å². The van der Waals surface area contributed by atoms with Crippen molar-refractivity contribution in [2.45, 2.75) is 90.9 Å². The Morgan fingerprint density at radius 1 is 0.625 bits per heavy atom. The second-order valence-corrected chi connectivity index (χ2v) is 8.44. The predicted octanol–water partition coefficient (Wildman–Crippen LogP) is 6.23. The Kier molecular flexibility index (Phi) is 10.4. The fourth-order valence-corrected chi connectivity index (χ4v) is 4.63. The minimum atomic E-state index is 0.851. The molecule has 0 spiro atoms. The fourth-order valence-electron chi connectivity index (χ4n) is 4.63. The first-order valence-corrected chi connectivity index (χ1v) is 11.0. The van der Waals surface area contributed by atoms with Gasteiger partial charge in [0.15, 0.2) is 0 Å². The molecule has 0 bridgehead atoms. The fraction of sp³-hybridized carbons (Fsp3) is 1.00. The van der Waals surface area contributed by atoms with Gasteiger partial charge in [0.2, 0.25) is 0 Å². The zero-order chi connectivity index (χ0) is 17.0. The third kappa shape index (κ3) is 7.87. The molecule has 0 aromatic carbocycles. The maximum Gasteiger partial charge on any atom is 0.0494 e. The second-order valence-electron chi connectivity index (χ2n) is 8.44. The first-order chi connectivity index (χ1) is 11.8. The lowest BCUT2D eigenvalue weighted by molar-refractivity contribution is 0.0723. The van der Waals surface area contributed by atoms with Crippen LogP contribution in [-0.2, 0) is 9.47 Å². The molecule has 0 unspecified atom stereocenters. The van der Waals surface area contributed by atoms with Crippen molar-refractivity contribution in [3.05, 3.63) is 0 Å². The molecular formula is C22H42O2. The average Bonchev–Trinajstić information content (AvgIpc) is 2.64. The Morgan fingerprint density at radius 2 is 1.08 bits per heavy atom. The molecule has 0 N–H and O–H groups in total. The van der Waals surface area contributed by atoms with Gasteiger partial charge in [0.1, 0.15) is 0 Å². The summed E-state index contributed by atoms with van der Waals surface area (Å²) in [4.78, 5) is 0. The molecule has 0 heterocycles. The van der Waals surface area contributed by atoms with Gasteiger partial charge in [-0.25, -0.2) is 0 Å². The summed E-state index contributed by atoms with van der Waals surface area (Å²) < 4.78 is 11.4. The molecule has 24 heavy (non-hydrogen) atoms. The van der Waals surface area contributed by atoms with Crippen LogP contribution < -0.4 is 0 Å². The maximum absolute atomic E-state index is 5.83. The highest BCUT2D eigenvalue weighted by Crippen LogP contribution is 2.36. The number of hydrogen-bond donors (Lipinski definition) is 0. The zero-order valence-electron chi connectivity index (χ0n) is 16.4. The Labute approximate surface area is 151 Å². The topological polar surface area (TPSA) is 18.5 Å². The van der Waals surface area contributed by atoms with Crippen LogP contribution in [0.2, 0.25) is 0 Å². The summed E-state index contributed by atoms with van der Waals surface area (Å²) in [7, 11) is 0. The van der Waals surface area contributed by atoms with Crippen molar-refractivity contribution in [3.8, 4) is 0 Å². The lowest BCUT2D eigenvalue weighted by Gasteiger charge is -2.32. The van der Waals surface area contributed by atoms with E-state index in [1.54, 1.807) is 0 Å². The van der Waals surface area contributed by atoms with Gasteiger partial charge in [0.05, 0.1) is 0 Å². The molecule has 2 rings (SSSR count). The van der Waals surface area contributed by atoms with E-state index >= 15 is 0 Å². The first kappa shape index (κ1) is 20.2. The van der Waals surface area contributed by atoms with E-state index in [1.165, 1.54) is 77.0 Å². The van der Waals surface area contributed by atoms with E-state index in [-0.39, 0.29) is 0 Å². The van der Waals surface area contributed by atoms with Crippen molar-refractivity contribution in [1.82, 2.24) is 0 Å². The van der Waals surface area contributed by atoms with Crippen LogP contribution in [-0.4, -0.2) is 26.4 Å². The Hall–Kier alpha value is -0.0800. The molecule has 0 saturated heterocycles. The van der Waals surface area contributed by atoms with Crippen LogP contribution in [0, 0.1) is 23.7 Å². The quantitative estimate of drug-likeness (QED) is 0.416. The summed E-state index contributed by atoms with van der Waals surface area (Å²) >= 11 is 0. The lowest BCUT2D eigenvalue weighted by atomic mass is 9.76. The number of rotatable bonds is 11. The van der Waals surface area contributed by atoms with Crippen molar-refractivity contribution < 1.29 is 9.47 Å². The molecule has 0 aromatic rings. The van der Waals surface area contributed by atoms with E-state index in [0.717, 1.165) is 50.1 Å². The SMILES string of the molecule is CCCCOC[C@H]1CC[C@H](CC[C@H]2CC[C@H](COCC)CC2)CC1. The summed E-state index contributed by atoms with van der Waals surface area (Å²) in [6, 6.07) is 0. The summed E-state index contributed by atoms with van der Waals surface area (Å²) in [5.41, 5.74) is 0. The van der Waals surface area contributed by atoms with E-state index < -0.39 is 0 Å². The van der Waals surface area contributed by atoms with Gasteiger partial charge in [-0.05, 0) is 62.7 Å². The van der Waals surface area contributed by atoms with Crippen LogP contribution in [0.4, 0.5) is 0 Å². The van der Waals surface area contributed by atoms with Gasteiger partial charge >= 0.3 is 0 Å². The molecule has 0 atom stereocenters. The van der Waals surface area contributed by atoms with E-state index in [2.05, 4.69) is 13.8 Å². The number of hydrogen-bond acceptors (Lipinski definition) is 2.